The summed E-state index contributed by atoms with van der Waals surface area (Å²) in [5.41, 5.74) is 1.36. The summed E-state index contributed by atoms with van der Waals surface area (Å²) in [5.74, 6) is -2.74. The predicted octanol–water partition coefficient (Wildman–Crippen LogP) is 3.13. The van der Waals surface area contributed by atoms with E-state index in [9.17, 15) is 18.4 Å². The molecule has 0 aliphatic rings. The van der Waals surface area contributed by atoms with Crippen LogP contribution >= 0.6 is 11.8 Å². The Balaban J connectivity index is 1.63. The molecule has 23 heavy (non-hydrogen) atoms. The lowest BCUT2D eigenvalue weighted by atomic mass is 10.3. The average Bonchev–Trinajstić information content (AvgIpc) is 2.88. The van der Waals surface area contributed by atoms with Gasteiger partial charge in [0.25, 0.3) is 0 Å². The molecule has 0 aliphatic heterocycles. The van der Waals surface area contributed by atoms with Crippen LogP contribution in [0.15, 0.2) is 50.5 Å². The molecule has 3 rings (SSSR count). The van der Waals surface area contributed by atoms with Gasteiger partial charge in [0.15, 0.2) is 17.2 Å². The van der Waals surface area contributed by atoms with Crippen molar-refractivity contribution in [3.8, 4) is 0 Å². The summed E-state index contributed by atoms with van der Waals surface area (Å²) >= 11 is 1.08. The molecule has 5 nitrogen and oxygen atoms in total. The maximum absolute atomic E-state index is 13.1. The number of hydrogen-bond donors (Lipinski definition) is 2. The molecule has 3 aromatic rings. The highest BCUT2D eigenvalue weighted by Gasteiger charge is 2.08. The van der Waals surface area contributed by atoms with E-state index in [4.69, 9.17) is 4.42 Å². The maximum atomic E-state index is 13.1. The van der Waals surface area contributed by atoms with E-state index < -0.39 is 17.4 Å². The number of nitrogens with one attached hydrogen (secondary N) is 2. The standard InChI is InChI=1S/C15H10F2N2O3S/c16-10-3-2-9(6-11(10)17)23-7-14(20)18-8-1-4-13-12(5-8)19-15(21)22-13/h1-6H,7H2,(H,18,20)(H,19,21). The number of aromatic amines is 1. The summed E-state index contributed by atoms with van der Waals surface area (Å²) < 4.78 is 30.8. The highest BCUT2D eigenvalue weighted by Crippen LogP contribution is 2.21. The van der Waals surface area contributed by atoms with Crippen molar-refractivity contribution in [1.29, 1.82) is 0 Å². The number of halogens is 2. The van der Waals surface area contributed by atoms with Gasteiger partial charge in [0.2, 0.25) is 5.91 Å². The number of benzene rings is 2. The Morgan fingerprint density at radius 1 is 1.17 bits per heavy atom. The number of thioether (sulfide) groups is 1. The van der Waals surface area contributed by atoms with E-state index in [1.54, 1.807) is 18.2 Å². The third-order valence-electron chi connectivity index (χ3n) is 2.96. The van der Waals surface area contributed by atoms with Crippen molar-refractivity contribution in [2.75, 3.05) is 11.1 Å². The number of carbonyl (C=O) groups excluding carboxylic acids is 1. The van der Waals surface area contributed by atoms with Gasteiger partial charge < -0.3 is 9.73 Å². The van der Waals surface area contributed by atoms with E-state index in [0.29, 0.717) is 21.7 Å². The normalized spacial score (nSPS) is 10.9. The van der Waals surface area contributed by atoms with Crippen LogP contribution in [-0.4, -0.2) is 16.6 Å². The molecule has 0 spiro atoms. The molecule has 0 fully saturated rings. The third kappa shape index (κ3) is 3.59. The molecule has 0 aliphatic carbocycles. The van der Waals surface area contributed by atoms with Crippen molar-refractivity contribution in [3.05, 3.63) is 58.6 Å². The first-order chi connectivity index (χ1) is 11.0. The van der Waals surface area contributed by atoms with Crippen molar-refractivity contribution in [2.24, 2.45) is 0 Å². The minimum atomic E-state index is -0.954. The van der Waals surface area contributed by atoms with E-state index in [2.05, 4.69) is 10.3 Å². The number of aromatic nitrogens is 1. The molecule has 0 atom stereocenters. The van der Waals surface area contributed by atoms with Crippen molar-refractivity contribution in [2.45, 2.75) is 4.90 Å². The lowest BCUT2D eigenvalue weighted by molar-refractivity contribution is -0.113. The predicted molar refractivity (Wildman–Crippen MR) is 82.5 cm³/mol. The van der Waals surface area contributed by atoms with Crippen molar-refractivity contribution in [3.63, 3.8) is 0 Å². The number of H-pyrrole nitrogens is 1. The monoisotopic (exact) mass is 336 g/mol. The molecule has 0 saturated carbocycles. The topological polar surface area (TPSA) is 75.1 Å². The molecule has 0 unspecified atom stereocenters. The van der Waals surface area contributed by atoms with Crippen LogP contribution in [0.4, 0.5) is 14.5 Å². The summed E-state index contributed by atoms with van der Waals surface area (Å²) in [6.45, 7) is 0. The zero-order chi connectivity index (χ0) is 16.4. The van der Waals surface area contributed by atoms with Crippen LogP contribution in [-0.2, 0) is 4.79 Å². The molecule has 8 heteroatoms. The summed E-state index contributed by atoms with van der Waals surface area (Å²) in [6.07, 6.45) is 0. The second kappa shape index (κ2) is 6.25. The second-order valence-electron chi connectivity index (χ2n) is 4.64. The fourth-order valence-electron chi connectivity index (χ4n) is 1.94. The third-order valence-corrected chi connectivity index (χ3v) is 3.96. The fourth-order valence-corrected chi connectivity index (χ4v) is 2.66. The van der Waals surface area contributed by atoms with Crippen molar-refractivity contribution < 1.29 is 18.0 Å². The molecular weight excluding hydrogens is 326 g/mol. The van der Waals surface area contributed by atoms with E-state index in [0.717, 1.165) is 23.9 Å². The Kier molecular flexibility index (Phi) is 4.16. The first-order valence-electron chi connectivity index (χ1n) is 6.52. The van der Waals surface area contributed by atoms with Gasteiger partial charge in [0.1, 0.15) is 0 Å². The maximum Gasteiger partial charge on any atom is 0.417 e. The largest absolute Gasteiger partial charge is 0.417 e. The van der Waals surface area contributed by atoms with Gasteiger partial charge in [-0.2, -0.15) is 0 Å². The Bertz CT molecular complexity index is 936. The summed E-state index contributed by atoms with van der Waals surface area (Å²) in [5, 5.41) is 2.65. The Morgan fingerprint density at radius 2 is 2.00 bits per heavy atom. The van der Waals surface area contributed by atoms with Crippen LogP contribution in [0.2, 0.25) is 0 Å². The van der Waals surface area contributed by atoms with E-state index in [1.165, 1.54) is 6.07 Å². The number of amides is 1. The molecule has 1 heterocycles. The van der Waals surface area contributed by atoms with Gasteiger partial charge >= 0.3 is 5.76 Å². The first-order valence-corrected chi connectivity index (χ1v) is 7.50. The van der Waals surface area contributed by atoms with Crippen LogP contribution in [0, 0.1) is 11.6 Å². The van der Waals surface area contributed by atoms with Crippen LogP contribution in [0.25, 0.3) is 11.1 Å². The minimum Gasteiger partial charge on any atom is -0.408 e. The zero-order valence-electron chi connectivity index (χ0n) is 11.6. The smallest absolute Gasteiger partial charge is 0.408 e. The molecular formula is C15H10F2N2O3S. The van der Waals surface area contributed by atoms with Gasteiger partial charge in [-0.15, -0.1) is 11.8 Å². The number of rotatable bonds is 4. The van der Waals surface area contributed by atoms with Gasteiger partial charge in [0, 0.05) is 10.6 Å². The molecule has 0 saturated heterocycles. The molecule has 2 aromatic carbocycles. The number of hydrogen-bond acceptors (Lipinski definition) is 4. The van der Waals surface area contributed by atoms with Crippen LogP contribution in [0.1, 0.15) is 0 Å². The molecule has 2 N–H and O–H groups in total. The molecule has 0 radical (unpaired) electrons. The van der Waals surface area contributed by atoms with E-state index in [-0.39, 0.29) is 11.7 Å². The highest BCUT2D eigenvalue weighted by molar-refractivity contribution is 8.00. The quantitative estimate of drug-likeness (QED) is 0.718. The van der Waals surface area contributed by atoms with Crippen LogP contribution < -0.4 is 11.1 Å². The van der Waals surface area contributed by atoms with Gasteiger partial charge in [-0.25, -0.2) is 13.6 Å². The van der Waals surface area contributed by atoms with E-state index in [1.807, 2.05) is 0 Å². The number of anilines is 1. The molecule has 1 aromatic heterocycles. The van der Waals surface area contributed by atoms with E-state index >= 15 is 0 Å². The summed E-state index contributed by atoms with van der Waals surface area (Å²) in [6, 6.07) is 8.18. The SMILES string of the molecule is O=C(CSc1ccc(F)c(F)c1)Nc1ccc2oc(=O)[nH]c2c1. The average molecular weight is 336 g/mol. The van der Waals surface area contributed by atoms with Gasteiger partial charge in [0.05, 0.1) is 11.3 Å². The molecule has 0 bridgehead atoms. The van der Waals surface area contributed by atoms with Crippen molar-refractivity contribution >= 4 is 34.5 Å². The van der Waals surface area contributed by atoms with Crippen LogP contribution in [0.3, 0.4) is 0 Å². The van der Waals surface area contributed by atoms with Crippen molar-refractivity contribution in [1.82, 2.24) is 4.98 Å². The Hall–Kier alpha value is -2.61. The lowest BCUT2D eigenvalue weighted by Crippen LogP contribution is -2.13. The number of fused-ring (bicyclic) bond motifs is 1. The molecule has 118 valence electrons. The highest BCUT2D eigenvalue weighted by atomic mass is 32.2. The fraction of sp³-hybridized carbons (Fsp3) is 0.0667. The lowest BCUT2D eigenvalue weighted by Gasteiger charge is -2.05. The Morgan fingerprint density at radius 3 is 2.78 bits per heavy atom. The second-order valence-corrected chi connectivity index (χ2v) is 5.69. The molecule has 1 amide bonds. The Labute approximate surface area is 132 Å². The van der Waals surface area contributed by atoms with Crippen LogP contribution in [0.5, 0.6) is 0 Å². The summed E-state index contributed by atoms with van der Waals surface area (Å²) in [7, 11) is 0. The van der Waals surface area contributed by atoms with Gasteiger partial charge in [-0.1, -0.05) is 0 Å². The zero-order valence-corrected chi connectivity index (χ0v) is 12.4. The summed E-state index contributed by atoms with van der Waals surface area (Å²) in [4.78, 5) is 25.9. The first kappa shape index (κ1) is 15.3. The number of carbonyl (C=O) groups is 1. The van der Waals surface area contributed by atoms with Gasteiger partial charge in [-0.05, 0) is 36.4 Å². The van der Waals surface area contributed by atoms with Gasteiger partial charge in [-0.3, -0.25) is 9.78 Å². The minimum absolute atomic E-state index is 0.0328. The number of oxazole rings is 1.